The van der Waals surface area contributed by atoms with Crippen LogP contribution in [0.1, 0.15) is 33.6 Å². The van der Waals surface area contributed by atoms with Crippen molar-refractivity contribution in [3.8, 4) is 17.2 Å². The van der Waals surface area contributed by atoms with Gasteiger partial charge in [-0.3, -0.25) is 4.79 Å². The quantitative estimate of drug-likeness (QED) is 0.722. The molecular formula is C24H30N2O5. The molecule has 7 heteroatoms. The van der Waals surface area contributed by atoms with E-state index >= 15 is 0 Å². The molecule has 0 bridgehead atoms. The Hall–Kier alpha value is -3.22. The van der Waals surface area contributed by atoms with E-state index in [1.807, 2.05) is 45.0 Å². The molecule has 1 fully saturated rings. The van der Waals surface area contributed by atoms with Crippen molar-refractivity contribution >= 4 is 17.7 Å². The number of para-hydroxylation sites is 2. The first kappa shape index (κ1) is 22.5. The highest BCUT2D eigenvalue weighted by atomic mass is 16.6. The van der Waals surface area contributed by atoms with Crippen LogP contribution in [0.4, 0.5) is 10.5 Å². The highest BCUT2D eigenvalue weighted by Crippen LogP contribution is 2.31. The lowest BCUT2D eigenvalue weighted by Crippen LogP contribution is -2.43. The third-order valence-electron chi connectivity index (χ3n) is 4.94. The smallest absolute Gasteiger partial charge is 0.410 e. The summed E-state index contributed by atoms with van der Waals surface area (Å²) in [5.41, 5.74) is 0.180. The van der Waals surface area contributed by atoms with E-state index in [1.54, 1.807) is 36.3 Å². The lowest BCUT2D eigenvalue weighted by Gasteiger charge is -2.32. The van der Waals surface area contributed by atoms with Gasteiger partial charge in [0.1, 0.15) is 11.4 Å². The highest BCUT2D eigenvalue weighted by molar-refractivity contribution is 5.92. The van der Waals surface area contributed by atoms with E-state index in [0.29, 0.717) is 48.9 Å². The molecule has 0 radical (unpaired) electrons. The Bertz CT molecular complexity index is 897. The van der Waals surface area contributed by atoms with Gasteiger partial charge in [-0.05, 0) is 70.0 Å². The van der Waals surface area contributed by atoms with Crippen LogP contribution in [-0.2, 0) is 9.53 Å². The molecule has 1 aliphatic heterocycles. The number of rotatable bonds is 5. The van der Waals surface area contributed by atoms with Crippen molar-refractivity contribution < 1.29 is 23.8 Å². The molecule has 1 aliphatic rings. The molecule has 0 atom stereocenters. The second-order valence-electron chi connectivity index (χ2n) is 8.51. The maximum Gasteiger partial charge on any atom is 0.410 e. The molecule has 1 heterocycles. The van der Waals surface area contributed by atoms with Gasteiger partial charge in [-0.1, -0.05) is 12.1 Å². The largest absolute Gasteiger partial charge is 0.493 e. The van der Waals surface area contributed by atoms with E-state index < -0.39 is 5.60 Å². The zero-order valence-electron chi connectivity index (χ0n) is 18.5. The predicted octanol–water partition coefficient (Wildman–Crippen LogP) is 5.07. The number of carbonyl (C=O) groups excluding carboxylic acids is 2. The molecule has 2 amide bonds. The summed E-state index contributed by atoms with van der Waals surface area (Å²) in [6.07, 6.45) is 0.900. The van der Waals surface area contributed by atoms with Crippen molar-refractivity contribution in [1.82, 2.24) is 4.90 Å². The zero-order chi connectivity index (χ0) is 22.4. The first-order valence-electron chi connectivity index (χ1n) is 10.4. The van der Waals surface area contributed by atoms with E-state index in [4.69, 9.17) is 14.2 Å². The van der Waals surface area contributed by atoms with Gasteiger partial charge in [-0.15, -0.1) is 0 Å². The molecule has 166 valence electrons. The van der Waals surface area contributed by atoms with Gasteiger partial charge in [0.25, 0.3) is 0 Å². The van der Waals surface area contributed by atoms with Crippen molar-refractivity contribution in [2.24, 2.45) is 5.92 Å². The van der Waals surface area contributed by atoms with E-state index in [1.165, 1.54) is 0 Å². The number of likely N-dealkylation sites (tertiary alicyclic amines) is 1. The molecule has 0 spiro atoms. The maximum atomic E-state index is 12.6. The van der Waals surface area contributed by atoms with Crippen molar-refractivity contribution in [1.29, 1.82) is 0 Å². The first-order chi connectivity index (χ1) is 14.7. The Morgan fingerprint density at radius 3 is 2.16 bits per heavy atom. The molecule has 0 aliphatic carbocycles. The average Bonchev–Trinajstić information content (AvgIpc) is 2.74. The summed E-state index contributed by atoms with van der Waals surface area (Å²) in [6.45, 7) is 6.56. The molecule has 2 aromatic carbocycles. The number of anilines is 1. The number of nitrogens with one attached hydrogen (secondary N) is 1. The summed E-state index contributed by atoms with van der Waals surface area (Å²) in [6, 6.07) is 14.6. The fourth-order valence-corrected chi connectivity index (χ4v) is 3.33. The fourth-order valence-electron chi connectivity index (χ4n) is 3.33. The van der Waals surface area contributed by atoms with Crippen LogP contribution in [-0.4, -0.2) is 42.7 Å². The second kappa shape index (κ2) is 9.73. The minimum absolute atomic E-state index is 0.0396. The molecule has 1 saturated heterocycles. The molecule has 1 N–H and O–H groups in total. The van der Waals surface area contributed by atoms with Crippen LogP contribution in [0.5, 0.6) is 17.2 Å². The first-order valence-corrected chi connectivity index (χ1v) is 10.4. The van der Waals surface area contributed by atoms with Crippen molar-refractivity contribution in [2.75, 3.05) is 25.5 Å². The van der Waals surface area contributed by atoms with Crippen LogP contribution in [0.15, 0.2) is 48.5 Å². The van der Waals surface area contributed by atoms with Gasteiger partial charge < -0.3 is 24.4 Å². The number of benzene rings is 2. The Morgan fingerprint density at radius 1 is 0.968 bits per heavy atom. The Morgan fingerprint density at radius 2 is 1.58 bits per heavy atom. The van der Waals surface area contributed by atoms with Crippen molar-refractivity contribution in [2.45, 2.75) is 39.2 Å². The van der Waals surface area contributed by atoms with Crippen molar-refractivity contribution in [3.63, 3.8) is 0 Å². The van der Waals surface area contributed by atoms with Gasteiger partial charge in [-0.2, -0.15) is 0 Å². The van der Waals surface area contributed by atoms with Gasteiger partial charge >= 0.3 is 6.09 Å². The number of carbonyl (C=O) groups is 2. The summed E-state index contributed by atoms with van der Waals surface area (Å²) < 4.78 is 16.6. The van der Waals surface area contributed by atoms with E-state index in [2.05, 4.69) is 5.32 Å². The van der Waals surface area contributed by atoms with Gasteiger partial charge in [0.15, 0.2) is 11.5 Å². The van der Waals surface area contributed by atoms with Crippen LogP contribution in [0.2, 0.25) is 0 Å². The number of ether oxygens (including phenoxy) is 3. The molecule has 3 rings (SSSR count). The topological polar surface area (TPSA) is 77.1 Å². The van der Waals surface area contributed by atoms with Gasteiger partial charge in [-0.25, -0.2) is 4.79 Å². The Balaban J connectivity index is 1.50. The Kier molecular flexibility index (Phi) is 7.05. The fraction of sp³-hybridized carbons (Fsp3) is 0.417. The van der Waals surface area contributed by atoms with Crippen LogP contribution in [0, 0.1) is 5.92 Å². The SMILES string of the molecule is COc1ccccc1Oc1ccc(NC(=O)C2CCN(C(=O)OC(C)(C)C)CC2)cc1. The van der Waals surface area contributed by atoms with Gasteiger partial charge in [0.2, 0.25) is 5.91 Å². The number of nitrogens with zero attached hydrogens (tertiary/aromatic N) is 1. The Labute approximate surface area is 183 Å². The number of hydrogen-bond donors (Lipinski definition) is 1. The molecule has 0 saturated carbocycles. The standard InChI is InChI=1S/C24H30N2O5/c1-24(2,3)31-23(28)26-15-13-17(14-16-26)22(27)25-18-9-11-19(12-10-18)30-21-8-6-5-7-20(21)29-4/h5-12,17H,13-16H2,1-4H3,(H,25,27). The minimum atomic E-state index is -0.521. The predicted molar refractivity (Wildman–Crippen MR) is 119 cm³/mol. The van der Waals surface area contributed by atoms with Crippen LogP contribution in [0.25, 0.3) is 0 Å². The second-order valence-corrected chi connectivity index (χ2v) is 8.51. The molecular weight excluding hydrogens is 396 g/mol. The monoisotopic (exact) mass is 426 g/mol. The summed E-state index contributed by atoms with van der Waals surface area (Å²) >= 11 is 0. The van der Waals surface area contributed by atoms with Gasteiger partial charge in [0, 0.05) is 24.7 Å². The van der Waals surface area contributed by atoms with Crippen LogP contribution in [0.3, 0.4) is 0 Å². The van der Waals surface area contributed by atoms with Crippen LogP contribution < -0.4 is 14.8 Å². The molecule has 31 heavy (non-hydrogen) atoms. The number of methoxy groups -OCH3 is 1. The normalized spacial score (nSPS) is 14.6. The number of hydrogen-bond acceptors (Lipinski definition) is 5. The minimum Gasteiger partial charge on any atom is -0.493 e. The maximum absolute atomic E-state index is 12.6. The van der Waals surface area contributed by atoms with Crippen LogP contribution >= 0.6 is 0 Å². The third kappa shape index (κ3) is 6.38. The number of piperidine rings is 1. The lowest BCUT2D eigenvalue weighted by molar-refractivity contribution is -0.121. The van der Waals surface area contributed by atoms with E-state index in [0.717, 1.165) is 0 Å². The summed E-state index contributed by atoms with van der Waals surface area (Å²) in [4.78, 5) is 26.5. The zero-order valence-corrected chi connectivity index (χ0v) is 18.5. The summed E-state index contributed by atoms with van der Waals surface area (Å²) in [5.74, 6) is 1.75. The highest BCUT2D eigenvalue weighted by Gasteiger charge is 2.29. The number of amides is 2. The molecule has 0 aromatic heterocycles. The summed E-state index contributed by atoms with van der Waals surface area (Å²) in [7, 11) is 1.60. The lowest BCUT2D eigenvalue weighted by atomic mass is 9.96. The third-order valence-corrected chi connectivity index (χ3v) is 4.94. The van der Waals surface area contributed by atoms with Gasteiger partial charge in [0.05, 0.1) is 7.11 Å². The molecule has 2 aromatic rings. The average molecular weight is 427 g/mol. The van der Waals surface area contributed by atoms with Crippen molar-refractivity contribution in [3.05, 3.63) is 48.5 Å². The molecule has 0 unspecified atom stereocenters. The van der Waals surface area contributed by atoms with E-state index in [-0.39, 0.29) is 17.9 Å². The summed E-state index contributed by atoms with van der Waals surface area (Å²) in [5, 5.41) is 2.95. The van der Waals surface area contributed by atoms with E-state index in [9.17, 15) is 9.59 Å². The molecule has 7 nitrogen and oxygen atoms in total.